The molecule has 0 heterocycles. The Labute approximate surface area is 139 Å². The lowest BCUT2D eigenvalue weighted by Gasteiger charge is -2.33. The van der Waals surface area contributed by atoms with Crippen LogP contribution in [-0.2, 0) is 18.9 Å². The molecule has 140 valence electrons. The molecule has 0 saturated heterocycles. The van der Waals surface area contributed by atoms with Gasteiger partial charge < -0.3 is 34.3 Å². The Balaban J connectivity index is 4.71. The SMILES string of the molecule is CCOCC(COCC(C)O)(COCC(C)O)COCC(C)O. The third-order valence-corrected chi connectivity index (χ3v) is 2.91. The predicted octanol–water partition coefficient (Wildman–Crippen LogP) is 0.202. The highest BCUT2D eigenvalue weighted by Gasteiger charge is 2.33. The quantitative estimate of drug-likeness (QED) is 0.392. The second-order valence-electron chi connectivity index (χ2n) is 6.23. The molecule has 0 spiro atoms. The van der Waals surface area contributed by atoms with Crippen molar-refractivity contribution in [2.45, 2.75) is 46.0 Å². The van der Waals surface area contributed by atoms with E-state index in [2.05, 4.69) is 0 Å². The fourth-order valence-electron chi connectivity index (χ4n) is 1.91. The van der Waals surface area contributed by atoms with Gasteiger partial charge in [0.05, 0.1) is 70.0 Å². The lowest BCUT2D eigenvalue weighted by molar-refractivity contribution is -0.123. The molecule has 3 N–H and O–H groups in total. The van der Waals surface area contributed by atoms with Crippen LogP contribution in [-0.4, -0.2) is 86.5 Å². The van der Waals surface area contributed by atoms with Crippen molar-refractivity contribution in [1.29, 1.82) is 0 Å². The van der Waals surface area contributed by atoms with Gasteiger partial charge >= 0.3 is 0 Å². The molecule has 0 bridgehead atoms. The summed E-state index contributed by atoms with van der Waals surface area (Å²) in [5, 5.41) is 28.0. The van der Waals surface area contributed by atoms with Crippen molar-refractivity contribution in [1.82, 2.24) is 0 Å². The molecule has 3 unspecified atom stereocenters. The van der Waals surface area contributed by atoms with Gasteiger partial charge in [-0.3, -0.25) is 0 Å². The van der Waals surface area contributed by atoms with Crippen LogP contribution in [0, 0.1) is 5.41 Å². The Morgan fingerprint density at radius 1 is 0.652 bits per heavy atom. The van der Waals surface area contributed by atoms with Crippen LogP contribution in [0.4, 0.5) is 0 Å². The van der Waals surface area contributed by atoms with Gasteiger partial charge in [-0.15, -0.1) is 0 Å². The van der Waals surface area contributed by atoms with Gasteiger partial charge in [0.1, 0.15) is 0 Å². The summed E-state index contributed by atoms with van der Waals surface area (Å²) in [4.78, 5) is 0. The van der Waals surface area contributed by atoms with Gasteiger partial charge in [-0.1, -0.05) is 0 Å². The molecule has 0 radical (unpaired) electrons. The van der Waals surface area contributed by atoms with Crippen molar-refractivity contribution >= 4 is 0 Å². The average Bonchev–Trinajstić information content (AvgIpc) is 2.43. The van der Waals surface area contributed by atoms with Crippen LogP contribution in [0.25, 0.3) is 0 Å². The second-order valence-corrected chi connectivity index (χ2v) is 6.23. The maximum atomic E-state index is 9.34. The smallest absolute Gasteiger partial charge is 0.0745 e. The predicted molar refractivity (Wildman–Crippen MR) is 86.4 cm³/mol. The molecule has 0 aromatic heterocycles. The Morgan fingerprint density at radius 2 is 0.957 bits per heavy atom. The molecule has 0 aromatic rings. The zero-order valence-corrected chi connectivity index (χ0v) is 14.9. The van der Waals surface area contributed by atoms with Crippen molar-refractivity contribution in [2.24, 2.45) is 5.41 Å². The van der Waals surface area contributed by atoms with E-state index in [-0.39, 0.29) is 39.6 Å². The van der Waals surface area contributed by atoms with E-state index in [1.807, 2.05) is 6.92 Å². The summed E-state index contributed by atoms with van der Waals surface area (Å²) in [7, 11) is 0. The Hall–Kier alpha value is -0.280. The molecule has 0 amide bonds. The highest BCUT2D eigenvalue weighted by Crippen LogP contribution is 2.21. The lowest BCUT2D eigenvalue weighted by Crippen LogP contribution is -2.43. The van der Waals surface area contributed by atoms with E-state index in [0.29, 0.717) is 13.2 Å². The topological polar surface area (TPSA) is 97.6 Å². The zero-order valence-electron chi connectivity index (χ0n) is 14.9. The van der Waals surface area contributed by atoms with E-state index in [4.69, 9.17) is 18.9 Å². The van der Waals surface area contributed by atoms with E-state index in [1.165, 1.54) is 0 Å². The summed E-state index contributed by atoms with van der Waals surface area (Å²) in [6, 6.07) is 0. The first-order valence-corrected chi connectivity index (χ1v) is 8.16. The molecule has 7 heteroatoms. The number of hydrogen-bond donors (Lipinski definition) is 3. The molecule has 23 heavy (non-hydrogen) atoms. The highest BCUT2D eigenvalue weighted by atomic mass is 16.5. The molecule has 0 saturated carbocycles. The monoisotopic (exact) mass is 338 g/mol. The van der Waals surface area contributed by atoms with Crippen LogP contribution in [0.1, 0.15) is 27.7 Å². The lowest BCUT2D eigenvalue weighted by atomic mass is 9.92. The molecule has 0 aliphatic carbocycles. The van der Waals surface area contributed by atoms with Crippen LogP contribution >= 0.6 is 0 Å². The van der Waals surface area contributed by atoms with E-state index in [9.17, 15) is 15.3 Å². The van der Waals surface area contributed by atoms with Gasteiger partial charge in [0.25, 0.3) is 0 Å². The Bertz CT molecular complexity index is 233. The van der Waals surface area contributed by atoms with Crippen molar-refractivity contribution in [3.8, 4) is 0 Å². The number of ether oxygens (including phenoxy) is 4. The summed E-state index contributed by atoms with van der Waals surface area (Å²) in [6.07, 6.45) is -1.68. The molecule has 0 aliphatic heterocycles. The van der Waals surface area contributed by atoms with Gasteiger partial charge in [0, 0.05) is 6.61 Å². The minimum absolute atomic E-state index is 0.209. The van der Waals surface area contributed by atoms with Crippen molar-refractivity contribution in [3.63, 3.8) is 0 Å². The normalized spacial score (nSPS) is 18.4. The number of aliphatic hydroxyl groups is 3. The molecule has 0 aliphatic rings. The summed E-state index contributed by atoms with van der Waals surface area (Å²) in [5.74, 6) is 0. The van der Waals surface area contributed by atoms with Crippen LogP contribution < -0.4 is 0 Å². The Kier molecular flexibility index (Phi) is 12.9. The van der Waals surface area contributed by atoms with Crippen LogP contribution in [0.3, 0.4) is 0 Å². The van der Waals surface area contributed by atoms with Crippen molar-refractivity contribution in [3.05, 3.63) is 0 Å². The number of hydrogen-bond acceptors (Lipinski definition) is 7. The van der Waals surface area contributed by atoms with Crippen molar-refractivity contribution in [2.75, 3.05) is 52.9 Å². The van der Waals surface area contributed by atoms with Gasteiger partial charge in [-0.2, -0.15) is 0 Å². The number of rotatable bonds is 15. The van der Waals surface area contributed by atoms with E-state index in [0.717, 1.165) is 0 Å². The van der Waals surface area contributed by atoms with Gasteiger partial charge in [-0.05, 0) is 27.7 Å². The molecule has 0 fully saturated rings. The maximum absolute atomic E-state index is 9.34. The first kappa shape index (κ1) is 22.7. The van der Waals surface area contributed by atoms with Crippen LogP contribution in [0.15, 0.2) is 0 Å². The third kappa shape index (κ3) is 12.8. The maximum Gasteiger partial charge on any atom is 0.0745 e. The molecule has 7 nitrogen and oxygen atoms in total. The standard InChI is InChI=1S/C16H34O7/c1-5-20-9-16(10-21-6-13(2)17,11-22-7-14(3)18)12-23-8-15(4)19/h13-15,17-19H,5-12H2,1-4H3. The number of aliphatic hydroxyl groups excluding tert-OH is 3. The van der Waals surface area contributed by atoms with Crippen LogP contribution in [0.2, 0.25) is 0 Å². The average molecular weight is 338 g/mol. The molecule has 3 atom stereocenters. The van der Waals surface area contributed by atoms with E-state index < -0.39 is 23.7 Å². The largest absolute Gasteiger partial charge is 0.391 e. The molecule has 0 aromatic carbocycles. The Morgan fingerprint density at radius 3 is 1.22 bits per heavy atom. The van der Waals surface area contributed by atoms with E-state index >= 15 is 0 Å². The second kappa shape index (κ2) is 13.1. The van der Waals surface area contributed by atoms with Gasteiger partial charge in [0.2, 0.25) is 0 Å². The summed E-state index contributed by atoms with van der Waals surface area (Å²) in [6.45, 7) is 9.26. The first-order valence-electron chi connectivity index (χ1n) is 8.16. The summed E-state index contributed by atoms with van der Waals surface area (Å²) < 4.78 is 22.2. The van der Waals surface area contributed by atoms with Crippen LogP contribution in [0.5, 0.6) is 0 Å². The minimum Gasteiger partial charge on any atom is -0.391 e. The fourth-order valence-corrected chi connectivity index (χ4v) is 1.91. The summed E-state index contributed by atoms with van der Waals surface area (Å²) >= 11 is 0. The highest BCUT2D eigenvalue weighted by molar-refractivity contribution is 4.80. The molecular weight excluding hydrogens is 304 g/mol. The van der Waals surface area contributed by atoms with Gasteiger partial charge in [-0.25, -0.2) is 0 Å². The van der Waals surface area contributed by atoms with Gasteiger partial charge in [0.15, 0.2) is 0 Å². The minimum atomic E-state index is -0.561. The van der Waals surface area contributed by atoms with Crippen molar-refractivity contribution < 1.29 is 34.3 Å². The fraction of sp³-hybridized carbons (Fsp3) is 1.00. The first-order chi connectivity index (χ1) is 10.8. The van der Waals surface area contributed by atoms with E-state index in [1.54, 1.807) is 20.8 Å². The molecule has 0 rings (SSSR count). The zero-order chi connectivity index (χ0) is 17.7. The molecular formula is C16H34O7. The summed E-state index contributed by atoms with van der Waals surface area (Å²) in [5.41, 5.74) is -0.561. The third-order valence-electron chi connectivity index (χ3n) is 2.91.